The summed E-state index contributed by atoms with van der Waals surface area (Å²) in [5, 5.41) is 14.2. The van der Waals surface area contributed by atoms with Gasteiger partial charge in [0, 0.05) is 49.2 Å². The lowest BCUT2D eigenvalue weighted by atomic mass is 10.1. The number of rotatable bonds is 3. The van der Waals surface area contributed by atoms with Crippen molar-refractivity contribution in [1.29, 1.82) is 0 Å². The molecule has 1 saturated heterocycles. The van der Waals surface area contributed by atoms with Gasteiger partial charge in [-0.1, -0.05) is 6.07 Å². The van der Waals surface area contributed by atoms with Crippen molar-refractivity contribution in [3.05, 3.63) is 33.9 Å². The van der Waals surface area contributed by atoms with Crippen LogP contribution in [0.5, 0.6) is 0 Å². The molecule has 2 aliphatic rings. The first-order valence-corrected chi connectivity index (χ1v) is 8.19. The third kappa shape index (κ3) is 3.53. The predicted molar refractivity (Wildman–Crippen MR) is 90.1 cm³/mol. The molecule has 0 bridgehead atoms. The number of non-ortho nitro benzene ring substituents is 1. The number of fused-ring (bicyclic) bond motifs is 1. The van der Waals surface area contributed by atoms with Gasteiger partial charge in [0.2, 0.25) is 5.91 Å². The molecule has 0 radical (unpaired) electrons. The summed E-state index contributed by atoms with van der Waals surface area (Å²) < 4.78 is 0. The maximum absolute atomic E-state index is 12.5. The van der Waals surface area contributed by atoms with Gasteiger partial charge in [-0.2, -0.15) is 11.8 Å². The number of hydrogen-bond donors (Lipinski definition) is 1. The van der Waals surface area contributed by atoms with E-state index in [4.69, 9.17) is 0 Å². The number of benzene rings is 1. The van der Waals surface area contributed by atoms with E-state index in [9.17, 15) is 14.9 Å². The number of thioether (sulfide) groups is 1. The molecule has 1 unspecified atom stereocenters. The maximum atomic E-state index is 12.5. The quantitative estimate of drug-likeness (QED) is 0.671. The number of halogens is 1. The highest BCUT2D eigenvalue weighted by atomic mass is 35.5. The fourth-order valence-electron chi connectivity index (χ4n) is 2.81. The number of nitrogens with one attached hydrogen (secondary N) is 1. The van der Waals surface area contributed by atoms with Gasteiger partial charge >= 0.3 is 0 Å². The van der Waals surface area contributed by atoms with Gasteiger partial charge in [-0.15, -0.1) is 12.4 Å². The van der Waals surface area contributed by atoms with Crippen LogP contribution in [-0.4, -0.2) is 41.5 Å². The van der Waals surface area contributed by atoms with Crippen molar-refractivity contribution in [1.82, 2.24) is 5.32 Å². The molecule has 8 heteroatoms. The van der Waals surface area contributed by atoms with Crippen molar-refractivity contribution in [2.75, 3.05) is 29.5 Å². The van der Waals surface area contributed by atoms with Crippen molar-refractivity contribution in [2.24, 2.45) is 0 Å². The molecule has 3 rings (SSSR count). The number of amides is 1. The molecule has 1 N–H and O–H groups in total. The lowest BCUT2D eigenvalue weighted by Gasteiger charge is -2.25. The van der Waals surface area contributed by atoms with Crippen molar-refractivity contribution >= 4 is 41.5 Å². The van der Waals surface area contributed by atoms with Gasteiger partial charge in [-0.05, 0) is 12.0 Å². The molecule has 1 atom stereocenters. The number of carbonyl (C=O) groups excluding carboxylic acids is 1. The molecular weight excluding hydrogens is 326 g/mol. The van der Waals surface area contributed by atoms with Crippen molar-refractivity contribution < 1.29 is 9.72 Å². The Hall–Kier alpha value is -1.31. The highest BCUT2D eigenvalue weighted by Gasteiger charge is 2.28. The van der Waals surface area contributed by atoms with Crippen LogP contribution in [0, 0.1) is 10.1 Å². The Kier molecular flexibility index (Phi) is 5.66. The molecule has 1 aromatic rings. The van der Waals surface area contributed by atoms with Crippen molar-refractivity contribution in [3.63, 3.8) is 0 Å². The van der Waals surface area contributed by atoms with Gasteiger partial charge in [0.05, 0.1) is 10.6 Å². The summed E-state index contributed by atoms with van der Waals surface area (Å²) in [7, 11) is 0. The smallest absolute Gasteiger partial charge is 0.271 e. The van der Waals surface area contributed by atoms with Crippen molar-refractivity contribution in [2.45, 2.75) is 18.9 Å². The molecule has 0 spiro atoms. The molecular formula is C14H18ClN3O3S. The minimum atomic E-state index is -0.416. The van der Waals surface area contributed by atoms with Gasteiger partial charge in [-0.25, -0.2) is 0 Å². The van der Waals surface area contributed by atoms with Gasteiger partial charge in [0.25, 0.3) is 5.69 Å². The highest BCUT2D eigenvalue weighted by molar-refractivity contribution is 7.99. The van der Waals surface area contributed by atoms with Gasteiger partial charge in [0.1, 0.15) is 0 Å². The van der Waals surface area contributed by atoms with Crippen LogP contribution in [0.25, 0.3) is 0 Å². The largest absolute Gasteiger partial charge is 0.312 e. The minimum absolute atomic E-state index is 0. The molecule has 0 aromatic heterocycles. The Morgan fingerprint density at radius 3 is 3.00 bits per heavy atom. The fourth-order valence-corrected chi connectivity index (χ4v) is 3.76. The van der Waals surface area contributed by atoms with Crippen molar-refractivity contribution in [3.8, 4) is 0 Å². The minimum Gasteiger partial charge on any atom is -0.312 e. The first-order valence-electron chi connectivity index (χ1n) is 7.04. The topological polar surface area (TPSA) is 75.5 Å². The lowest BCUT2D eigenvalue weighted by Crippen LogP contribution is -2.42. The molecule has 1 fully saturated rings. The SMILES string of the molecule is Cl.O=C(CC1CSCCN1)N1CCc2ccc([N+](=O)[O-])cc21. The number of anilines is 1. The summed E-state index contributed by atoms with van der Waals surface area (Å²) in [6.45, 7) is 1.56. The maximum Gasteiger partial charge on any atom is 0.271 e. The lowest BCUT2D eigenvalue weighted by molar-refractivity contribution is -0.384. The Morgan fingerprint density at radius 2 is 2.32 bits per heavy atom. The molecule has 120 valence electrons. The monoisotopic (exact) mass is 343 g/mol. The third-order valence-electron chi connectivity index (χ3n) is 3.90. The average molecular weight is 344 g/mol. The Bertz CT molecular complexity index is 578. The zero-order valence-corrected chi connectivity index (χ0v) is 13.6. The molecule has 0 saturated carbocycles. The molecule has 1 amide bonds. The number of nitrogens with zero attached hydrogens (tertiary/aromatic N) is 2. The molecule has 22 heavy (non-hydrogen) atoms. The summed E-state index contributed by atoms with van der Waals surface area (Å²) in [6, 6.07) is 4.99. The normalized spacial score (nSPS) is 20.2. The Morgan fingerprint density at radius 1 is 1.50 bits per heavy atom. The zero-order chi connectivity index (χ0) is 14.8. The van der Waals surface area contributed by atoms with Crippen LogP contribution in [0.15, 0.2) is 18.2 Å². The van der Waals surface area contributed by atoms with E-state index in [2.05, 4.69) is 5.32 Å². The zero-order valence-electron chi connectivity index (χ0n) is 12.0. The molecule has 2 aliphatic heterocycles. The molecule has 0 aliphatic carbocycles. The first kappa shape index (κ1) is 17.1. The van der Waals surface area contributed by atoms with Crippen LogP contribution in [0.1, 0.15) is 12.0 Å². The standard InChI is InChI=1S/C14H17N3O3S.ClH/c18-14(7-11-9-21-6-4-15-11)16-5-3-10-1-2-12(17(19)20)8-13(10)16;/h1-2,8,11,15H,3-7,9H2;1H. The second-order valence-corrected chi connectivity index (χ2v) is 6.45. The van der Waals surface area contributed by atoms with E-state index >= 15 is 0 Å². The molecule has 6 nitrogen and oxygen atoms in total. The summed E-state index contributed by atoms with van der Waals surface area (Å²) in [6.07, 6.45) is 1.22. The van der Waals surface area contributed by atoms with E-state index in [0.717, 1.165) is 30.0 Å². The third-order valence-corrected chi connectivity index (χ3v) is 5.03. The first-order chi connectivity index (χ1) is 10.1. The van der Waals surface area contributed by atoms with Crippen LogP contribution < -0.4 is 10.2 Å². The Labute approximate surface area is 139 Å². The molecule has 1 aromatic carbocycles. The summed E-state index contributed by atoms with van der Waals surface area (Å²) in [5.74, 6) is 2.08. The van der Waals surface area contributed by atoms with E-state index in [-0.39, 0.29) is 30.0 Å². The number of hydrogen-bond acceptors (Lipinski definition) is 5. The van der Waals surface area contributed by atoms with E-state index in [1.807, 2.05) is 11.8 Å². The Balaban J connectivity index is 0.00000176. The van der Waals surface area contributed by atoms with E-state index in [1.165, 1.54) is 12.1 Å². The van der Waals surface area contributed by atoms with E-state index < -0.39 is 4.92 Å². The summed E-state index contributed by atoms with van der Waals surface area (Å²) in [4.78, 5) is 24.6. The fraction of sp³-hybridized carbons (Fsp3) is 0.500. The van der Waals surface area contributed by atoms with Crippen LogP contribution in [0.3, 0.4) is 0 Å². The van der Waals surface area contributed by atoms with E-state index in [0.29, 0.717) is 18.7 Å². The van der Waals surface area contributed by atoms with Gasteiger partial charge < -0.3 is 10.2 Å². The summed E-state index contributed by atoms with van der Waals surface area (Å²) in [5.41, 5.74) is 1.76. The summed E-state index contributed by atoms with van der Waals surface area (Å²) >= 11 is 1.86. The van der Waals surface area contributed by atoms with Gasteiger partial charge in [0.15, 0.2) is 0 Å². The predicted octanol–water partition coefficient (Wildman–Crippen LogP) is 2.00. The number of nitro groups is 1. The average Bonchev–Trinajstić information content (AvgIpc) is 2.91. The van der Waals surface area contributed by atoms with Gasteiger partial charge in [-0.3, -0.25) is 14.9 Å². The van der Waals surface area contributed by atoms with Crippen LogP contribution in [0.2, 0.25) is 0 Å². The van der Waals surface area contributed by atoms with Crippen LogP contribution in [-0.2, 0) is 11.2 Å². The molecule has 2 heterocycles. The van der Waals surface area contributed by atoms with E-state index in [1.54, 1.807) is 11.0 Å². The highest BCUT2D eigenvalue weighted by Crippen LogP contribution is 2.32. The number of carbonyl (C=O) groups is 1. The van der Waals surface area contributed by atoms with Crippen LogP contribution >= 0.6 is 24.2 Å². The number of nitro benzene ring substituents is 1. The second kappa shape index (κ2) is 7.30. The van der Waals surface area contributed by atoms with Crippen LogP contribution in [0.4, 0.5) is 11.4 Å². The second-order valence-electron chi connectivity index (χ2n) is 5.30.